The molecule has 0 saturated carbocycles. The second-order valence-corrected chi connectivity index (χ2v) is 19.9. The summed E-state index contributed by atoms with van der Waals surface area (Å²) in [5.41, 5.74) is 0. The number of benzene rings is 1. The van der Waals surface area contributed by atoms with E-state index < -0.39 is 18.4 Å². The zero-order valence-corrected chi connectivity index (χ0v) is 18.8. The summed E-state index contributed by atoms with van der Waals surface area (Å²) in [6, 6.07) is 6.80. The first kappa shape index (κ1) is 20.7. The van der Waals surface area contributed by atoms with E-state index in [0.717, 1.165) is 11.5 Å². The van der Waals surface area contributed by atoms with Crippen LogP contribution in [-0.2, 0) is 0 Å². The fraction of sp³-hybridized carbons (Fsp3) is 0.700. The van der Waals surface area contributed by atoms with Gasteiger partial charge in [-0.2, -0.15) is 0 Å². The zero-order valence-electron chi connectivity index (χ0n) is 15.9. The van der Waals surface area contributed by atoms with Gasteiger partial charge in [0, 0.05) is 0 Å². The van der Waals surface area contributed by atoms with Gasteiger partial charge in [-0.15, -0.1) is 0 Å². The molecule has 1 aromatic rings. The molecule has 23 heavy (non-hydrogen) atoms. The standard InChI is InChI=1S/C8H9O2.3C4H9.Sn/c1-9-7-5-3-4-6-8(7)10-2;3*1-3-4-2;/h3,5-6H,1-2H3;3*1,3-4H2,2H3;. The fourth-order valence-corrected chi connectivity index (χ4v) is 19.4. The first-order valence-corrected chi connectivity index (χ1v) is 16.9. The van der Waals surface area contributed by atoms with Crippen molar-refractivity contribution in [3.63, 3.8) is 0 Å². The van der Waals surface area contributed by atoms with Crippen LogP contribution in [-0.4, -0.2) is 32.6 Å². The topological polar surface area (TPSA) is 18.5 Å². The van der Waals surface area contributed by atoms with Crippen LogP contribution in [0.2, 0.25) is 13.3 Å². The Bertz CT molecular complexity index is 423. The van der Waals surface area contributed by atoms with Crippen molar-refractivity contribution in [1.29, 1.82) is 0 Å². The van der Waals surface area contributed by atoms with E-state index in [4.69, 9.17) is 9.47 Å². The van der Waals surface area contributed by atoms with Crippen LogP contribution in [0.4, 0.5) is 0 Å². The van der Waals surface area contributed by atoms with Gasteiger partial charge < -0.3 is 0 Å². The Balaban J connectivity index is 3.22. The number of rotatable bonds is 12. The first-order valence-electron chi connectivity index (χ1n) is 9.39. The second kappa shape index (κ2) is 11.2. The van der Waals surface area contributed by atoms with Crippen LogP contribution in [0.15, 0.2) is 18.2 Å². The molecule has 0 aromatic heterocycles. The predicted octanol–water partition coefficient (Wildman–Crippen LogP) is 5.76. The normalized spacial score (nSPS) is 11.5. The van der Waals surface area contributed by atoms with E-state index in [2.05, 4.69) is 39.0 Å². The van der Waals surface area contributed by atoms with E-state index in [-0.39, 0.29) is 0 Å². The minimum absolute atomic E-state index is 0.859. The van der Waals surface area contributed by atoms with Gasteiger partial charge >= 0.3 is 148 Å². The second-order valence-electron chi connectivity index (χ2n) is 6.66. The van der Waals surface area contributed by atoms with Gasteiger partial charge in [0.2, 0.25) is 0 Å². The molecule has 0 unspecified atom stereocenters. The predicted molar refractivity (Wildman–Crippen MR) is 104 cm³/mol. The van der Waals surface area contributed by atoms with Crippen molar-refractivity contribution in [3.05, 3.63) is 18.2 Å². The van der Waals surface area contributed by atoms with Crippen LogP contribution in [0.25, 0.3) is 0 Å². The average Bonchev–Trinajstić information content (AvgIpc) is 2.60. The summed E-state index contributed by atoms with van der Waals surface area (Å²) in [6.07, 6.45) is 8.09. The van der Waals surface area contributed by atoms with Crippen molar-refractivity contribution in [1.82, 2.24) is 0 Å². The van der Waals surface area contributed by atoms with Gasteiger partial charge in [-0.1, -0.05) is 0 Å². The molecule has 0 heterocycles. The summed E-state index contributed by atoms with van der Waals surface area (Å²) in [5, 5.41) is 0. The maximum absolute atomic E-state index is 5.59. The molecular formula is C20H36O2Sn. The monoisotopic (exact) mass is 428 g/mol. The molecule has 1 rings (SSSR count). The number of hydrogen-bond donors (Lipinski definition) is 0. The van der Waals surface area contributed by atoms with Crippen LogP contribution in [0.1, 0.15) is 59.3 Å². The molecule has 0 aliphatic carbocycles. The number of unbranched alkanes of at least 4 members (excludes halogenated alkanes) is 3. The van der Waals surface area contributed by atoms with Crippen LogP contribution < -0.4 is 13.1 Å². The van der Waals surface area contributed by atoms with E-state index in [9.17, 15) is 0 Å². The van der Waals surface area contributed by atoms with Crippen molar-refractivity contribution in [2.75, 3.05) is 14.2 Å². The van der Waals surface area contributed by atoms with Gasteiger partial charge in [0.05, 0.1) is 0 Å². The summed E-state index contributed by atoms with van der Waals surface area (Å²) < 4.78 is 17.1. The van der Waals surface area contributed by atoms with E-state index in [1.807, 2.05) is 0 Å². The molecule has 0 bridgehead atoms. The molecule has 0 atom stereocenters. The summed E-state index contributed by atoms with van der Waals surface area (Å²) in [7, 11) is 3.47. The molecule has 0 fully saturated rings. The van der Waals surface area contributed by atoms with E-state index in [1.54, 1.807) is 17.8 Å². The van der Waals surface area contributed by atoms with Crippen molar-refractivity contribution < 1.29 is 9.47 Å². The third-order valence-electron chi connectivity index (χ3n) is 5.02. The third kappa shape index (κ3) is 5.88. The minimum atomic E-state index is -2.35. The Morgan fingerprint density at radius 3 is 1.61 bits per heavy atom. The van der Waals surface area contributed by atoms with E-state index in [0.29, 0.717) is 0 Å². The Hall–Kier alpha value is -0.381. The fourth-order valence-electron chi connectivity index (χ4n) is 3.52. The van der Waals surface area contributed by atoms with Crippen molar-refractivity contribution in [3.8, 4) is 11.5 Å². The van der Waals surface area contributed by atoms with Crippen LogP contribution in [0.3, 0.4) is 0 Å². The molecule has 1 aromatic carbocycles. The number of methoxy groups -OCH3 is 2. The van der Waals surface area contributed by atoms with Crippen LogP contribution in [0.5, 0.6) is 11.5 Å². The molecular weight excluding hydrogens is 391 g/mol. The molecule has 0 radical (unpaired) electrons. The Kier molecular flexibility index (Phi) is 10.1. The summed E-state index contributed by atoms with van der Waals surface area (Å²) in [6.45, 7) is 6.97. The van der Waals surface area contributed by atoms with Crippen molar-refractivity contribution >= 4 is 22.0 Å². The number of hydrogen-bond acceptors (Lipinski definition) is 2. The molecule has 0 amide bonds. The van der Waals surface area contributed by atoms with Crippen LogP contribution in [0, 0.1) is 0 Å². The molecule has 0 saturated heterocycles. The first-order chi connectivity index (χ1) is 11.2. The van der Waals surface area contributed by atoms with Crippen molar-refractivity contribution in [2.24, 2.45) is 0 Å². The third-order valence-corrected chi connectivity index (χ3v) is 20.6. The van der Waals surface area contributed by atoms with Gasteiger partial charge in [0.15, 0.2) is 0 Å². The van der Waals surface area contributed by atoms with Gasteiger partial charge in [0.25, 0.3) is 0 Å². The maximum atomic E-state index is 5.59. The molecule has 132 valence electrons. The van der Waals surface area contributed by atoms with Gasteiger partial charge in [-0.3, -0.25) is 0 Å². The average molecular weight is 427 g/mol. The van der Waals surface area contributed by atoms with Crippen molar-refractivity contribution in [2.45, 2.75) is 72.6 Å². The van der Waals surface area contributed by atoms with Gasteiger partial charge in [0.1, 0.15) is 0 Å². The molecule has 0 spiro atoms. The summed E-state index contributed by atoms with van der Waals surface area (Å²) in [5.74, 6) is 1.77. The van der Waals surface area contributed by atoms with E-state index in [1.165, 1.54) is 51.8 Å². The molecule has 0 N–H and O–H groups in total. The summed E-state index contributed by atoms with van der Waals surface area (Å²) in [4.78, 5) is 0. The summed E-state index contributed by atoms with van der Waals surface area (Å²) >= 11 is -2.35. The SMILES string of the molecule is CCC[CH2][Sn]([CH2]CCC)([CH2]CCC)[c]1ccc(OC)c(OC)c1. The van der Waals surface area contributed by atoms with Gasteiger partial charge in [-0.05, 0) is 0 Å². The molecule has 3 heteroatoms. The Morgan fingerprint density at radius 1 is 0.739 bits per heavy atom. The molecule has 0 aliphatic heterocycles. The molecule has 0 aliphatic rings. The van der Waals surface area contributed by atoms with Gasteiger partial charge in [-0.25, -0.2) is 0 Å². The molecule has 2 nitrogen and oxygen atoms in total. The zero-order chi connectivity index (χ0) is 17.1. The quantitative estimate of drug-likeness (QED) is 0.395. The Labute approximate surface area is 147 Å². The Morgan fingerprint density at radius 2 is 1.22 bits per heavy atom. The van der Waals surface area contributed by atoms with Crippen LogP contribution >= 0.6 is 0 Å². The van der Waals surface area contributed by atoms with E-state index >= 15 is 0 Å². The number of ether oxygens (including phenoxy) is 2.